The topological polar surface area (TPSA) is 55.1 Å². The molecule has 0 unspecified atom stereocenters. The van der Waals surface area contributed by atoms with E-state index in [9.17, 15) is 18.7 Å². The van der Waals surface area contributed by atoms with Crippen LogP contribution in [0.2, 0.25) is 5.02 Å². The summed E-state index contributed by atoms with van der Waals surface area (Å²) in [5, 5.41) is 10.8. The fourth-order valence-electron chi connectivity index (χ4n) is 2.32. The number of hydrogen-bond acceptors (Lipinski definition) is 3. The SMILES string of the molecule is O=c1c2cc(Cl)ccc2ncn1C[C@@H](O)c1cc(F)ccc1F. The molecule has 1 aromatic heterocycles. The average Bonchev–Trinajstić information content (AvgIpc) is 2.53. The van der Waals surface area contributed by atoms with Crippen molar-refractivity contribution in [1.82, 2.24) is 9.55 Å². The fraction of sp³-hybridized carbons (Fsp3) is 0.125. The first-order valence-electron chi connectivity index (χ1n) is 6.73. The number of aliphatic hydroxyl groups excluding tert-OH is 1. The molecule has 0 aliphatic rings. The number of rotatable bonds is 3. The Balaban J connectivity index is 1.99. The Morgan fingerprint density at radius 1 is 1.22 bits per heavy atom. The van der Waals surface area contributed by atoms with Gasteiger partial charge < -0.3 is 5.11 Å². The van der Waals surface area contributed by atoms with Crippen LogP contribution in [0.25, 0.3) is 10.9 Å². The third-order valence-electron chi connectivity index (χ3n) is 3.47. The number of halogens is 3. The molecule has 0 spiro atoms. The minimum Gasteiger partial charge on any atom is -0.386 e. The van der Waals surface area contributed by atoms with Crippen LogP contribution in [0.3, 0.4) is 0 Å². The summed E-state index contributed by atoms with van der Waals surface area (Å²) in [6, 6.07) is 7.46. The Morgan fingerprint density at radius 2 is 2.00 bits per heavy atom. The van der Waals surface area contributed by atoms with Gasteiger partial charge in [-0.25, -0.2) is 13.8 Å². The van der Waals surface area contributed by atoms with E-state index >= 15 is 0 Å². The summed E-state index contributed by atoms with van der Waals surface area (Å²) < 4.78 is 28.0. The van der Waals surface area contributed by atoms with Crippen LogP contribution in [0.5, 0.6) is 0 Å². The van der Waals surface area contributed by atoms with Crippen molar-refractivity contribution in [2.45, 2.75) is 12.6 Å². The summed E-state index contributed by atoms with van der Waals surface area (Å²) in [6.07, 6.45) is -0.138. The van der Waals surface area contributed by atoms with Crippen molar-refractivity contribution in [3.63, 3.8) is 0 Å². The van der Waals surface area contributed by atoms with Gasteiger partial charge in [0.15, 0.2) is 0 Å². The summed E-state index contributed by atoms with van der Waals surface area (Å²) in [6.45, 7) is -0.255. The van der Waals surface area contributed by atoms with Gasteiger partial charge in [0.05, 0.1) is 29.9 Å². The molecule has 0 bridgehead atoms. The number of aliphatic hydroxyl groups is 1. The highest BCUT2D eigenvalue weighted by Gasteiger charge is 2.16. The van der Waals surface area contributed by atoms with Gasteiger partial charge in [-0.2, -0.15) is 0 Å². The van der Waals surface area contributed by atoms with Crippen molar-refractivity contribution < 1.29 is 13.9 Å². The quantitative estimate of drug-likeness (QED) is 0.799. The molecule has 118 valence electrons. The molecule has 0 saturated heterocycles. The second-order valence-electron chi connectivity index (χ2n) is 5.05. The van der Waals surface area contributed by atoms with Crippen LogP contribution in [-0.2, 0) is 6.54 Å². The Kier molecular flexibility index (Phi) is 4.11. The first kappa shape index (κ1) is 15.6. The van der Waals surface area contributed by atoms with Crippen LogP contribution < -0.4 is 5.56 Å². The van der Waals surface area contributed by atoms with Crippen molar-refractivity contribution in [2.75, 3.05) is 0 Å². The molecule has 1 atom stereocenters. The van der Waals surface area contributed by atoms with E-state index in [0.717, 1.165) is 22.8 Å². The second-order valence-corrected chi connectivity index (χ2v) is 5.48. The van der Waals surface area contributed by atoms with Crippen molar-refractivity contribution in [1.29, 1.82) is 0 Å². The molecule has 4 nitrogen and oxygen atoms in total. The van der Waals surface area contributed by atoms with E-state index in [0.29, 0.717) is 10.5 Å². The van der Waals surface area contributed by atoms with Crippen LogP contribution in [-0.4, -0.2) is 14.7 Å². The van der Waals surface area contributed by atoms with Gasteiger partial charge in [0.2, 0.25) is 0 Å². The highest BCUT2D eigenvalue weighted by Crippen LogP contribution is 2.20. The van der Waals surface area contributed by atoms with Crippen LogP contribution >= 0.6 is 11.6 Å². The molecular weight excluding hydrogens is 326 g/mol. The predicted molar refractivity (Wildman–Crippen MR) is 82.3 cm³/mol. The van der Waals surface area contributed by atoms with E-state index in [2.05, 4.69) is 4.98 Å². The van der Waals surface area contributed by atoms with Crippen molar-refractivity contribution in [2.24, 2.45) is 0 Å². The van der Waals surface area contributed by atoms with E-state index in [1.54, 1.807) is 12.1 Å². The molecule has 0 fully saturated rings. The van der Waals surface area contributed by atoms with Gasteiger partial charge >= 0.3 is 0 Å². The van der Waals surface area contributed by atoms with Crippen molar-refractivity contribution >= 4 is 22.5 Å². The standard InChI is InChI=1S/C16H11ClF2N2O2/c17-9-1-4-14-12(5-9)16(23)21(8-20-14)7-15(22)11-6-10(18)2-3-13(11)19/h1-6,8,15,22H,7H2/t15-/m1/s1. The molecule has 0 amide bonds. The fourth-order valence-corrected chi connectivity index (χ4v) is 2.49. The molecule has 23 heavy (non-hydrogen) atoms. The average molecular weight is 337 g/mol. The summed E-state index contributed by atoms with van der Waals surface area (Å²) in [7, 11) is 0. The van der Waals surface area contributed by atoms with Gasteiger partial charge in [-0.05, 0) is 36.4 Å². The molecule has 0 radical (unpaired) electrons. The zero-order chi connectivity index (χ0) is 16.6. The van der Waals surface area contributed by atoms with E-state index in [4.69, 9.17) is 11.6 Å². The van der Waals surface area contributed by atoms with Gasteiger partial charge in [0, 0.05) is 10.6 Å². The maximum atomic E-state index is 13.7. The second kappa shape index (κ2) is 6.06. The molecular formula is C16H11ClF2N2O2. The summed E-state index contributed by atoms with van der Waals surface area (Å²) in [5.74, 6) is -1.42. The Bertz CT molecular complexity index is 943. The Morgan fingerprint density at radius 3 is 2.78 bits per heavy atom. The lowest BCUT2D eigenvalue weighted by atomic mass is 10.1. The van der Waals surface area contributed by atoms with Gasteiger partial charge in [-0.3, -0.25) is 9.36 Å². The third-order valence-corrected chi connectivity index (χ3v) is 3.71. The minimum absolute atomic E-state index is 0.219. The summed E-state index contributed by atoms with van der Waals surface area (Å²) in [5.41, 5.74) is -0.182. The lowest BCUT2D eigenvalue weighted by Crippen LogP contribution is -2.24. The first-order chi connectivity index (χ1) is 11.0. The molecule has 3 rings (SSSR count). The van der Waals surface area contributed by atoms with E-state index in [1.165, 1.54) is 12.4 Å². The molecule has 0 aliphatic carbocycles. The van der Waals surface area contributed by atoms with Crippen LogP contribution in [0.4, 0.5) is 8.78 Å². The zero-order valence-electron chi connectivity index (χ0n) is 11.7. The smallest absolute Gasteiger partial charge is 0.261 e. The monoisotopic (exact) mass is 336 g/mol. The largest absolute Gasteiger partial charge is 0.386 e. The summed E-state index contributed by atoms with van der Waals surface area (Å²) >= 11 is 5.87. The molecule has 0 saturated carbocycles. The Hall–Kier alpha value is -2.31. The maximum absolute atomic E-state index is 13.7. The number of aromatic nitrogens is 2. The van der Waals surface area contributed by atoms with Gasteiger partial charge in [0.1, 0.15) is 11.6 Å². The highest BCUT2D eigenvalue weighted by molar-refractivity contribution is 6.31. The molecule has 7 heteroatoms. The lowest BCUT2D eigenvalue weighted by Gasteiger charge is -2.14. The third kappa shape index (κ3) is 3.09. The van der Waals surface area contributed by atoms with Gasteiger partial charge in [-0.15, -0.1) is 0 Å². The van der Waals surface area contributed by atoms with Crippen LogP contribution in [0, 0.1) is 11.6 Å². The lowest BCUT2D eigenvalue weighted by molar-refractivity contribution is 0.150. The molecule has 3 aromatic rings. The van der Waals surface area contributed by atoms with E-state index in [-0.39, 0.29) is 17.5 Å². The number of nitrogens with zero attached hydrogens (tertiary/aromatic N) is 2. The maximum Gasteiger partial charge on any atom is 0.261 e. The van der Waals surface area contributed by atoms with Crippen LogP contribution in [0.15, 0.2) is 47.5 Å². The van der Waals surface area contributed by atoms with Crippen molar-refractivity contribution in [3.05, 3.63) is 75.3 Å². The number of benzene rings is 2. The molecule has 2 aromatic carbocycles. The Labute approximate surface area is 134 Å². The molecule has 0 aliphatic heterocycles. The number of fused-ring (bicyclic) bond motifs is 1. The summed E-state index contributed by atoms with van der Waals surface area (Å²) in [4.78, 5) is 16.5. The predicted octanol–water partition coefficient (Wildman–Crippen LogP) is 3.06. The van der Waals surface area contributed by atoms with E-state index < -0.39 is 23.3 Å². The minimum atomic E-state index is -1.39. The zero-order valence-corrected chi connectivity index (χ0v) is 12.5. The van der Waals surface area contributed by atoms with Crippen LogP contribution in [0.1, 0.15) is 11.7 Å². The van der Waals surface area contributed by atoms with Gasteiger partial charge in [-0.1, -0.05) is 11.6 Å². The van der Waals surface area contributed by atoms with Gasteiger partial charge in [0.25, 0.3) is 5.56 Å². The number of hydrogen-bond donors (Lipinski definition) is 1. The molecule has 1 N–H and O–H groups in total. The highest BCUT2D eigenvalue weighted by atomic mass is 35.5. The first-order valence-corrected chi connectivity index (χ1v) is 7.11. The van der Waals surface area contributed by atoms with E-state index in [1.807, 2.05) is 0 Å². The normalized spacial score (nSPS) is 12.5. The molecule has 1 heterocycles. The van der Waals surface area contributed by atoms with Crippen molar-refractivity contribution in [3.8, 4) is 0 Å².